The molecule has 2 aliphatic rings. The van der Waals surface area contributed by atoms with Gasteiger partial charge in [-0.2, -0.15) is 0 Å². The number of sulfone groups is 1. The van der Waals surface area contributed by atoms with Gasteiger partial charge >= 0.3 is 0 Å². The Morgan fingerprint density at radius 1 is 1.39 bits per heavy atom. The molecule has 0 radical (unpaired) electrons. The van der Waals surface area contributed by atoms with E-state index in [2.05, 4.69) is 20.6 Å². The third kappa shape index (κ3) is 3.02. The van der Waals surface area contributed by atoms with Crippen molar-refractivity contribution in [1.29, 1.82) is 0 Å². The molecule has 1 saturated carbocycles. The van der Waals surface area contributed by atoms with Crippen LogP contribution in [0.3, 0.4) is 0 Å². The first-order valence-corrected chi connectivity index (χ1v) is 8.96. The van der Waals surface area contributed by atoms with Crippen LogP contribution in [0.25, 0.3) is 0 Å². The highest BCUT2D eigenvalue weighted by molar-refractivity contribution is 7.91. The summed E-state index contributed by atoms with van der Waals surface area (Å²) >= 11 is 1.61. The van der Waals surface area contributed by atoms with Crippen molar-refractivity contribution in [2.75, 3.05) is 29.5 Å². The van der Waals surface area contributed by atoms with E-state index in [1.54, 1.807) is 11.3 Å². The first-order valence-electron chi connectivity index (χ1n) is 6.25. The minimum absolute atomic E-state index is 0.252. The number of rotatable bonds is 4. The Kier molecular flexibility index (Phi) is 3.29. The van der Waals surface area contributed by atoms with Gasteiger partial charge in [0.2, 0.25) is 0 Å². The second-order valence-electron chi connectivity index (χ2n) is 4.92. The maximum Gasteiger partial charge on any atom is 0.185 e. The Morgan fingerprint density at radius 3 is 2.78 bits per heavy atom. The second-order valence-corrected chi connectivity index (χ2v) is 8.06. The zero-order valence-corrected chi connectivity index (χ0v) is 11.8. The molecule has 7 heteroatoms. The third-order valence-corrected chi connectivity index (χ3v) is 5.86. The summed E-state index contributed by atoms with van der Waals surface area (Å²) in [6, 6.07) is 0.690. The van der Waals surface area contributed by atoms with Gasteiger partial charge in [0.15, 0.2) is 15.0 Å². The molecule has 1 aliphatic heterocycles. The molecule has 0 aromatic carbocycles. The van der Waals surface area contributed by atoms with Crippen LogP contribution >= 0.6 is 11.3 Å². The van der Waals surface area contributed by atoms with Crippen molar-refractivity contribution in [3.05, 3.63) is 11.1 Å². The molecular formula is C11H17N3O2S2. The molecule has 1 N–H and O–H groups in total. The normalized spacial score (nSPS) is 23.2. The molecule has 1 aliphatic carbocycles. The highest BCUT2D eigenvalue weighted by Crippen LogP contribution is 2.24. The molecular weight excluding hydrogens is 270 g/mol. The predicted octanol–water partition coefficient (Wildman–Crippen LogP) is 0.630. The molecule has 0 unspecified atom stereocenters. The van der Waals surface area contributed by atoms with E-state index in [0.29, 0.717) is 19.1 Å². The monoisotopic (exact) mass is 287 g/mol. The lowest BCUT2D eigenvalue weighted by molar-refractivity contribution is 0.586. The number of nitrogens with one attached hydrogen (secondary N) is 1. The molecule has 5 nitrogen and oxygen atoms in total. The standard InChI is InChI=1S/C11H17N3O2S2/c15-18(16)5-3-14(4-6-18)11-13-10(8-17-11)7-12-9-1-2-9/h8-9,12H,1-7H2. The van der Waals surface area contributed by atoms with Crippen LogP contribution in [0, 0.1) is 0 Å². The van der Waals surface area contributed by atoms with Gasteiger partial charge in [-0.15, -0.1) is 11.3 Å². The van der Waals surface area contributed by atoms with Gasteiger partial charge < -0.3 is 10.2 Å². The minimum atomic E-state index is -2.81. The summed E-state index contributed by atoms with van der Waals surface area (Å²) in [7, 11) is -2.81. The molecule has 1 saturated heterocycles. The van der Waals surface area contributed by atoms with Crippen LogP contribution < -0.4 is 10.2 Å². The van der Waals surface area contributed by atoms with E-state index in [0.717, 1.165) is 17.4 Å². The van der Waals surface area contributed by atoms with Crippen LogP contribution in [-0.2, 0) is 16.4 Å². The number of thiazole rings is 1. The smallest absolute Gasteiger partial charge is 0.185 e. The topological polar surface area (TPSA) is 62.3 Å². The largest absolute Gasteiger partial charge is 0.346 e. The van der Waals surface area contributed by atoms with E-state index in [1.165, 1.54) is 12.8 Å². The van der Waals surface area contributed by atoms with Crippen LogP contribution in [-0.4, -0.2) is 44.0 Å². The van der Waals surface area contributed by atoms with Crippen molar-refractivity contribution in [3.8, 4) is 0 Å². The molecule has 2 fully saturated rings. The van der Waals surface area contributed by atoms with E-state index in [-0.39, 0.29) is 11.5 Å². The number of hydrogen-bond acceptors (Lipinski definition) is 6. The number of anilines is 1. The summed E-state index contributed by atoms with van der Waals surface area (Å²) in [5, 5.41) is 6.45. The molecule has 18 heavy (non-hydrogen) atoms. The maximum absolute atomic E-state index is 11.4. The Labute approximate surface area is 111 Å². The second kappa shape index (κ2) is 4.79. The van der Waals surface area contributed by atoms with E-state index in [4.69, 9.17) is 0 Å². The fourth-order valence-electron chi connectivity index (χ4n) is 1.96. The Hall–Kier alpha value is -0.660. The molecule has 1 aromatic heterocycles. The lowest BCUT2D eigenvalue weighted by Crippen LogP contribution is -2.40. The third-order valence-electron chi connectivity index (χ3n) is 3.30. The van der Waals surface area contributed by atoms with Crippen molar-refractivity contribution >= 4 is 26.3 Å². The molecule has 2 heterocycles. The van der Waals surface area contributed by atoms with Gasteiger partial charge in [-0.25, -0.2) is 13.4 Å². The van der Waals surface area contributed by atoms with Crippen molar-refractivity contribution in [3.63, 3.8) is 0 Å². The number of aromatic nitrogens is 1. The van der Waals surface area contributed by atoms with Crippen molar-refractivity contribution in [1.82, 2.24) is 10.3 Å². The summed E-state index contributed by atoms with van der Waals surface area (Å²) < 4.78 is 22.7. The fraction of sp³-hybridized carbons (Fsp3) is 0.727. The van der Waals surface area contributed by atoms with Crippen LogP contribution in [0.5, 0.6) is 0 Å². The summed E-state index contributed by atoms with van der Waals surface area (Å²) in [6.07, 6.45) is 2.56. The average Bonchev–Trinajstić information content (AvgIpc) is 3.05. The van der Waals surface area contributed by atoms with E-state index in [9.17, 15) is 8.42 Å². The average molecular weight is 287 g/mol. The first-order chi connectivity index (χ1) is 8.62. The van der Waals surface area contributed by atoms with Gasteiger partial charge in [0.05, 0.1) is 17.2 Å². The van der Waals surface area contributed by atoms with Gasteiger partial charge in [-0.05, 0) is 12.8 Å². The summed E-state index contributed by atoms with van der Waals surface area (Å²) in [6.45, 7) is 1.98. The van der Waals surface area contributed by atoms with Crippen LogP contribution in [0.2, 0.25) is 0 Å². The fourth-order valence-corrected chi connectivity index (χ4v) is 4.04. The van der Waals surface area contributed by atoms with Crippen LogP contribution in [0.1, 0.15) is 18.5 Å². The van der Waals surface area contributed by atoms with Gasteiger partial charge in [0.1, 0.15) is 0 Å². The molecule has 0 bridgehead atoms. The highest BCUT2D eigenvalue weighted by atomic mass is 32.2. The molecule has 0 atom stereocenters. The van der Waals surface area contributed by atoms with Crippen molar-refractivity contribution in [2.24, 2.45) is 0 Å². The quantitative estimate of drug-likeness (QED) is 0.880. The number of hydrogen-bond donors (Lipinski definition) is 1. The molecule has 3 rings (SSSR count). The van der Waals surface area contributed by atoms with Gasteiger partial charge in [-0.3, -0.25) is 0 Å². The lowest BCUT2D eigenvalue weighted by Gasteiger charge is -2.25. The van der Waals surface area contributed by atoms with E-state index < -0.39 is 9.84 Å². The molecule has 0 amide bonds. The summed E-state index contributed by atoms with van der Waals surface area (Å²) in [5.74, 6) is 0.504. The minimum Gasteiger partial charge on any atom is -0.346 e. The highest BCUT2D eigenvalue weighted by Gasteiger charge is 2.24. The Balaban J connectivity index is 1.58. The lowest BCUT2D eigenvalue weighted by atomic mass is 10.4. The summed E-state index contributed by atoms with van der Waals surface area (Å²) in [4.78, 5) is 6.64. The molecule has 1 aromatic rings. The number of nitrogens with zero attached hydrogens (tertiary/aromatic N) is 2. The van der Waals surface area contributed by atoms with Gasteiger partial charge in [-0.1, -0.05) is 0 Å². The Bertz CT molecular complexity index is 508. The van der Waals surface area contributed by atoms with E-state index in [1.807, 2.05) is 0 Å². The van der Waals surface area contributed by atoms with E-state index >= 15 is 0 Å². The van der Waals surface area contributed by atoms with Gasteiger partial charge in [0.25, 0.3) is 0 Å². The van der Waals surface area contributed by atoms with Gasteiger partial charge in [0, 0.05) is 31.1 Å². The zero-order valence-electron chi connectivity index (χ0n) is 10.1. The molecule has 100 valence electrons. The molecule has 0 spiro atoms. The zero-order chi connectivity index (χ0) is 12.6. The van der Waals surface area contributed by atoms with Crippen LogP contribution in [0.15, 0.2) is 5.38 Å². The summed E-state index contributed by atoms with van der Waals surface area (Å²) in [5.41, 5.74) is 1.07. The van der Waals surface area contributed by atoms with Crippen molar-refractivity contribution < 1.29 is 8.42 Å². The maximum atomic E-state index is 11.4. The first kappa shape index (κ1) is 12.4. The predicted molar refractivity (Wildman–Crippen MR) is 72.8 cm³/mol. The van der Waals surface area contributed by atoms with Crippen LogP contribution in [0.4, 0.5) is 5.13 Å². The van der Waals surface area contributed by atoms with Crippen molar-refractivity contribution in [2.45, 2.75) is 25.4 Å². The SMILES string of the molecule is O=S1(=O)CCN(c2nc(CNC3CC3)cs2)CC1. The Morgan fingerprint density at radius 2 is 2.11 bits per heavy atom.